The Morgan fingerprint density at radius 3 is 0.797 bits per heavy atom. The van der Waals surface area contributed by atoms with Gasteiger partial charge in [0.15, 0.2) is 0 Å². The molecule has 6 heterocycles. The molecule has 6 amide bonds. The van der Waals surface area contributed by atoms with Crippen molar-refractivity contribution in [3.05, 3.63) is 464 Å². The zero-order chi connectivity index (χ0) is 104. The number of hydrogen-bond donors (Lipinski definition) is 1. The highest BCUT2D eigenvalue weighted by Gasteiger charge is 2.41. The number of benzene rings is 12. The Labute approximate surface area is 858 Å². The molecule has 0 bridgehead atoms. The lowest BCUT2D eigenvalue weighted by Gasteiger charge is -2.38. The third-order valence-corrected chi connectivity index (χ3v) is 26.5. The highest BCUT2D eigenvalue weighted by Crippen LogP contribution is 2.41. The smallest absolute Gasteiger partial charge is 0.410 e. The van der Waals surface area contributed by atoms with Crippen LogP contribution < -0.4 is 0 Å². The molecule has 6 fully saturated rings. The minimum absolute atomic E-state index is 0.0879. The summed E-state index contributed by atoms with van der Waals surface area (Å²) in [6, 6.07) is 91.7. The first-order valence-corrected chi connectivity index (χ1v) is 49.3. The number of carbonyl (C=O) groups is 8. The molecule has 18 rings (SSSR count). The molecule has 0 aromatic heterocycles. The fourth-order valence-corrected chi connectivity index (χ4v) is 18.3. The van der Waals surface area contributed by atoms with E-state index in [4.69, 9.17) is 41.6 Å². The van der Waals surface area contributed by atoms with Gasteiger partial charge in [-0.25, -0.2) is 68.3 Å². The first kappa shape index (κ1) is 109. The Hall–Kier alpha value is -16.1. The van der Waals surface area contributed by atoms with Crippen molar-refractivity contribution >= 4 is 48.6 Å². The van der Waals surface area contributed by atoms with Gasteiger partial charge < -0.3 is 77.4 Å². The molecule has 12 aromatic rings. The van der Waals surface area contributed by atoms with Crippen LogP contribution in [0.15, 0.2) is 340 Å². The second kappa shape index (κ2) is 56.4. The summed E-state index contributed by atoms with van der Waals surface area (Å²) in [6.07, 6.45) is 5.35. The highest BCUT2D eigenvalue weighted by molar-refractivity contribution is 5.83. The maximum atomic E-state index is 13.2. The van der Waals surface area contributed by atoms with Gasteiger partial charge in [0, 0.05) is 90.3 Å². The average Bonchev–Trinajstić information content (AvgIpc) is 0.835. The number of nitrogens with zero attached hydrogens (tertiary/aromatic N) is 8. The van der Waals surface area contributed by atoms with Gasteiger partial charge in [0.2, 0.25) is 12.1 Å². The number of aliphatic hydroxyl groups excluding tert-OH is 1. The van der Waals surface area contributed by atoms with Gasteiger partial charge in [-0.15, -0.1) is 0 Å². The van der Waals surface area contributed by atoms with Crippen LogP contribution in [-0.4, -0.2) is 141 Å². The summed E-state index contributed by atoms with van der Waals surface area (Å²) in [5.41, 5.74) is 11.6. The summed E-state index contributed by atoms with van der Waals surface area (Å²) in [5, 5.41) is 9.48. The van der Waals surface area contributed by atoms with Gasteiger partial charge in [0.25, 0.3) is 0 Å². The first-order valence-electron chi connectivity index (χ1n) is 49.3. The molecule has 6 aliphatic rings. The van der Waals surface area contributed by atoms with Crippen molar-refractivity contribution in [2.45, 2.75) is 165 Å². The molecule has 12 aromatic carbocycles. The summed E-state index contributed by atoms with van der Waals surface area (Å²) in [7, 11) is 0. The third kappa shape index (κ3) is 32.9. The third-order valence-electron chi connectivity index (χ3n) is 26.5. The van der Waals surface area contributed by atoms with Crippen LogP contribution in [0.25, 0.3) is 9.69 Å². The molecule has 1 N–H and O–H groups in total. The molecule has 148 heavy (non-hydrogen) atoms. The Kier molecular flexibility index (Phi) is 41.6. The van der Waals surface area contributed by atoms with Crippen LogP contribution in [0.2, 0.25) is 0 Å². The van der Waals surface area contributed by atoms with Gasteiger partial charge in [0.05, 0.1) is 36.3 Å². The Morgan fingerprint density at radius 2 is 0.534 bits per heavy atom. The van der Waals surface area contributed by atoms with Gasteiger partial charge in [-0.1, -0.05) is 267 Å². The number of hydrogen-bond acceptors (Lipinski definition) is 15. The molecule has 29 heteroatoms. The van der Waals surface area contributed by atoms with Crippen molar-refractivity contribution in [1.29, 1.82) is 0 Å². The Bertz CT molecular complexity index is 6080. The normalized spacial score (nSPS) is 19.3. The average molecular weight is 2010 g/mol. The van der Waals surface area contributed by atoms with Gasteiger partial charge in [-0.2, -0.15) is 0 Å². The number of ketones is 1. The molecule has 6 saturated heterocycles. The molecule has 766 valence electrons. The van der Waals surface area contributed by atoms with Crippen molar-refractivity contribution in [2.24, 2.45) is 11.8 Å². The molecule has 6 unspecified atom stereocenters. The van der Waals surface area contributed by atoms with E-state index in [2.05, 4.69) is 16.3 Å². The van der Waals surface area contributed by atoms with Crippen LogP contribution in [0.4, 0.5) is 55.1 Å². The predicted octanol–water partition coefficient (Wildman–Crippen LogP) is 25.9. The van der Waals surface area contributed by atoms with E-state index in [1.54, 1.807) is 102 Å². The second-order valence-electron chi connectivity index (χ2n) is 36.6. The number of Topliss-reactive ketones (excluding diaryl/α,β-unsaturated/α-hetero) is 1. The van der Waals surface area contributed by atoms with Crippen molar-refractivity contribution in [1.82, 2.24) is 29.4 Å². The zero-order valence-electron chi connectivity index (χ0n) is 81.9. The highest BCUT2D eigenvalue weighted by atomic mass is 19.1. The number of rotatable bonds is 20. The maximum Gasteiger partial charge on any atom is 0.410 e. The molecule has 10 atom stereocenters. The van der Waals surface area contributed by atoms with E-state index in [1.807, 2.05) is 182 Å². The van der Waals surface area contributed by atoms with Crippen LogP contribution in [0.1, 0.15) is 180 Å². The SMILES string of the molecule is C=C1CCN(C(=O)OCc2ccccc2)C(c2ccc(F)cc2)C1.O=C(OCc1ccccc1)N1CCC(CO)CC1c1ccc(F)cc1.O=C1CCN(C(=O)OCc2ccccc2)C(c2ccc(F)cc2)C1.O=CC1CCN(C(=O)OCc2ccccc2)C(c2ccc(F)cc2)C1.[C-]#[N+][C@@H]1CCN(C(=O)OCc2ccccc2)[C@H](c2ccc(F)cc2)C1.[C-]#[N+][C@H]1CCN(C(=O)OCc2ccccc2)[C@H](c2ccc(F)cc2)C1. The summed E-state index contributed by atoms with van der Waals surface area (Å²) in [6.45, 7) is 22.7. The van der Waals surface area contributed by atoms with Crippen molar-refractivity contribution in [3.8, 4) is 0 Å². The number of ether oxygens (including phenoxy) is 6. The lowest BCUT2D eigenvalue weighted by molar-refractivity contribution is -0.122. The molecule has 6 aliphatic heterocycles. The van der Waals surface area contributed by atoms with E-state index in [0.717, 1.165) is 91.5 Å². The van der Waals surface area contributed by atoms with Gasteiger partial charge >= 0.3 is 36.6 Å². The van der Waals surface area contributed by atoms with E-state index in [1.165, 1.54) is 72.8 Å². The number of aliphatic hydroxyl groups is 1. The van der Waals surface area contributed by atoms with E-state index in [9.17, 15) is 69.8 Å². The Morgan fingerprint density at radius 1 is 0.304 bits per heavy atom. The van der Waals surface area contributed by atoms with Crippen LogP contribution in [0.5, 0.6) is 0 Å². The van der Waals surface area contributed by atoms with Crippen LogP contribution in [0, 0.1) is 59.9 Å². The number of amides is 6. The van der Waals surface area contributed by atoms with E-state index >= 15 is 0 Å². The zero-order valence-corrected chi connectivity index (χ0v) is 81.9. The number of piperidine rings is 6. The quantitative estimate of drug-likeness (QED) is 0.0245. The first-order chi connectivity index (χ1) is 71.9. The lowest BCUT2D eigenvalue weighted by Crippen LogP contribution is -2.42. The van der Waals surface area contributed by atoms with Crippen LogP contribution in [-0.2, 0) is 77.7 Å². The van der Waals surface area contributed by atoms with Crippen LogP contribution >= 0.6 is 0 Å². The van der Waals surface area contributed by atoms with Gasteiger partial charge in [-0.3, -0.25) is 4.79 Å². The lowest BCUT2D eigenvalue weighted by atomic mass is 9.88. The minimum Gasteiger partial charge on any atom is -0.445 e. The number of carbonyl (C=O) groups excluding carboxylic acids is 8. The van der Waals surface area contributed by atoms with E-state index in [0.29, 0.717) is 97.1 Å². The fourth-order valence-electron chi connectivity index (χ4n) is 18.3. The summed E-state index contributed by atoms with van der Waals surface area (Å²) >= 11 is 0. The Balaban J connectivity index is 0.000000148. The summed E-state index contributed by atoms with van der Waals surface area (Å²) in [5.74, 6) is -1.79. The fraction of sp³-hybridized carbons (Fsp3) is 0.294. The van der Waals surface area contributed by atoms with Crippen molar-refractivity contribution in [2.75, 3.05) is 45.9 Å². The predicted molar refractivity (Wildman–Crippen MR) is 545 cm³/mol. The second-order valence-corrected chi connectivity index (χ2v) is 36.6. The molecule has 0 saturated carbocycles. The van der Waals surface area contributed by atoms with Gasteiger partial charge in [0.1, 0.15) is 86.6 Å². The molecule has 0 spiro atoms. The van der Waals surface area contributed by atoms with Crippen molar-refractivity contribution in [3.63, 3.8) is 0 Å². The molecule has 0 radical (unpaired) electrons. The number of likely N-dealkylation sites (tertiary alicyclic amines) is 6. The van der Waals surface area contributed by atoms with E-state index < -0.39 is 30.4 Å². The number of halogens is 6. The van der Waals surface area contributed by atoms with Crippen LogP contribution in [0.3, 0.4) is 0 Å². The summed E-state index contributed by atoms with van der Waals surface area (Å²) in [4.78, 5) is 115. The largest absolute Gasteiger partial charge is 0.445 e. The summed E-state index contributed by atoms with van der Waals surface area (Å²) < 4.78 is 112. The number of aldehydes is 1. The molecular weight excluding hydrogens is 1900 g/mol. The van der Waals surface area contributed by atoms with Gasteiger partial charge in [-0.05, 0) is 184 Å². The monoisotopic (exact) mass is 2010 g/mol. The molecule has 23 nitrogen and oxygen atoms in total. The maximum absolute atomic E-state index is 13.2. The van der Waals surface area contributed by atoms with E-state index in [-0.39, 0.29) is 160 Å². The topological polar surface area (TPSA) is 240 Å². The molecular formula is C119H118F6N8O15. The standard InChI is InChI=1S/2C20H19FN2O2.C20H22FNO3.C20H20FNO3.C20H20FNO2.C19H18FNO3/c2*1-22-18-11-12-23(19(13-18)16-7-9-17(21)10-8-16)20(24)25-14-15-5-3-2-4-6-15;2*21-18-8-6-17(7-9-18)19-12-16(13-23)10-11-22(19)20(24)25-14-15-4-2-1-3-5-15;1-15-11-12-22(19(13-15)17-7-9-18(21)10-8-17)20(23)24-14-16-5-3-2-4-6-16;20-16-8-6-15(7-9-16)18-12-17(22)10-11-21(18)19(23)24-13-14-4-2-1-3-5-14/h2*2-10,18-19H,11-14H2;1-9,16,19,23H,10-14H2;1-9,13,16,19H,10-12,14H2;2-10,19H,1,11-14H2;1-9,18H,10-13H2/t18-,19+;18-,19-;;;;/m10..../s1. The molecule has 0 aliphatic carbocycles. The van der Waals surface area contributed by atoms with Crippen molar-refractivity contribution < 1.29 is 98.2 Å². The minimum atomic E-state index is -0.458.